The zero-order chi connectivity index (χ0) is 15.6. The largest absolute Gasteiger partial charge is 0.362 e. The summed E-state index contributed by atoms with van der Waals surface area (Å²) in [5.41, 5.74) is 4.44. The molecule has 1 aromatic rings. The summed E-state index contributed by atoms with van der Waals surface area (Å²) in [5, 5.41) is 10.4. The number of anilines is 1. The summed E-state index contributed by atoms with van der Waals surface area (Å²) in [4.78, 5) is 12.4. The van der Waals surface area contributed by atoms with Crippen molar-refractivity contribution in [1.82, 2.24) is 0 Å². The van der Waals surface area contributed by atoms with Crippen molar-refractivity contribution >= 4 is 17.3 Å². The average molecular weight is 286 g/mol. The third-order valence-electron chi connectivity index (χ3n) is 3.84. The molecule has 0 spiro atoms. The molecule has 21 heavy (non-hydrogen) atoms. The fraction of sp³-hybridized carbons (Fsp3) is 0.412. The van der Waals surface area contributed by atoms with E-state index in [9.17, 15) is 10.1 Å². The maximum absolute atomic E-state index is 10.4. The lowest BCUT2D eigenvalue weighted by molar-refractivity contribution is -0.400. The Morgan fingerprint density at radius 2 is 2.10 bits per heavy atom. The maximum Gasteiger partial charge on any atom is 0.235 e. The van der Waals surface area contributed by atoms with Crippen LogP contribution in [0.3, 0.4) is 0 Å². The van der Waals surface area contributed by atoms with Gasteiger partial charge in [-0.05, 0) is 50.5 Å². The first-order valence-electron chi connectivity index (χ1n) is 7.28. The minimum atomic E-state index is -0.436. The standard InChI is InChI=1S/C17H22N2O2/c1-5-9-18-16-7-6-14(8-10-19(20)21)11-15(16)13(2)12-17(18,3)4/h6-8,10-12H,5,9H2,1-4H3/b10-8+. The molecule has 2 rings (SSSR count). The molecule has 4 nitrogen and oxygen atoms in total. The van der Waals surface area contributed by atoms with E-state index in [0.717, 1.165) is 30.3 Å². The molecule has 0 saturated heterocycles. The smallest absolute Gasteiger partial charge is 0.235 e. The van der Waals surface area contributed by atoms with Gasteiger partial charge in [0.05, 0.1) is 10.5 Å². The van der Waals surface area contributed by atoms with Gasteiger partial charge in [-0.1, -0.05) is 19.1 Å². The topological polar surface area (TPSA) is 46.4 Å². The summed E-state index contributed by atoms with van der Waals surface area (Å²) in [6.07, 6.45) is 5.87. The van der Waals surface area contributed by atoms with Crippen molar-refractivity contribution in [2.45, 2.75) is 39.7 Å². The predicted octanol–water partition coefficient (Wildman–Crippen LogP) is 4.35. The van der Waals surface area contributed by atoms with Gasteiger partial charge in [-0.15, -0.1) is 0 Å². The second kappa shape index (κ2) is 5.72. The Morgan fingerprint density at radius 3 is 2.71 bits per heavy atom. The van der Waals surface area contributed by atoms with Crippen molar-refractivity contribution in [3.63, 3.8) is 0 Å². The van der Waals surface area contributed by atoms with Gasteiger partial charge in [0.2, 0.25) is 6.20 Å². The van der Waals surface area contributed by atoms with Gasteiger partial charge in [-0.25, -0.2) is 0 Å². The fourth-order valence-electron chi connectivity index (χ4n) is 2.98. The lowest BCUT2D eigenvalue weighted by atomic mass is 9.88. The molecular weight excluding hydrogens is 264 g/mol. The van der Waals surface area contributed by atoms with E-state index in [-0.39, 0.29) is 5.54 Å². The zero-order valence-electron chi connectivity index (χ0n) is 13.1. The van der Waals surface area contributed by atoms with Crippen LogP contribution in [-0.2, 0) is 0 Å². The molecule has 0 saturated carbocycles. The van der Waals surface area contributed by atoms with E-state index in [0.29, 0.717) is 0 Å². The number of hydrogen-bond donors (Lipinski definition) is 0. The highest BCUT2D eigenvalue weighted by atomic mass is 16.6. The molecule has 0 atom stereocenters. The summed E-state index contributed by atoms with van der Waals surface area (Å²) in [6.45, 7) is 9.71. The highest BCUT2D eigenvalue weighted by molar-refractivity contribution is 5.82. The highest BCUT2D eigenvalue weighted by Gasteiger charge is 2.30. The van der Waals surface area contributed by atoms with Crippen LogP contribution in [0.2, 0.25) is 0 Å². The first-order chi connectivity index (χ1) is 9.85. The number of nitro groups is 1. The molecule has 1 aromatic carbocycles. The normalized spacial score (nSPS) is 16.8. The van der Waals surface area contributed by atoms with Crippen molar-refractivity contribution < 1.29 is 4.92 Å². The Labute approximate surface area is 125 Å². The summed E-state index contributed by atoms with van der Waals surface area (Å²) in [7, 11) is 0. The van der Waals surface area contributed by atoms with E-state index >= 15 is 0 Å². The third-order valence-corrected chi connectivity index (χ3v) is 3.84. The van der Waals surface area contributed by atoms with Crippen LogP contribution in [0.25, 0.3) is 11.6 Å². The van der Waals surface area contributed by atoms with E-state index < -0.39 is 4.92 Å². The number of allylic oxidation sites excluding steroid dienone is 1. The monoisotopic (exact) mass is 286 g/mol. The molecule has 0 bridgehead atoms. The molecule has 0 amide bonds. The summed E-state index contributed by atoms with van der Waals surface area (Å²) in [5.74, 6) is 0. The van der Waals surface area contributed by atoms with Gasteiger partial charge < -0.3 is 4.90 Å². The summed E-state index contributed by atoms with van der Waals surface area (Å²) >= 11 is 0. The first kappa shape index (κ1) is 15.3. The summed E-state index contributed by atoms with van der Waals surface area (Å²) in [6, 6.07) is 6.04. The molecule has 0 fully saturated rings. The van der Waals surface area contributed by atoms with Gasteiger partial charge in [-0.3, -0.25) is 10.1 Å². The van der Waals surface area contributed by atoms with E-state index in [1.54, 1.807) is 0 Å². The maximum atomic E-state index is 10.4. The van der Waals surface area contributed by atoms with Crippen LogP contribution in [0.4, 0.5) is 5.69 Å². The van der Waals surface area contributed by atoms with Gasteiger partial charge >= 0.3 is 0 Å². The van der Waals surface area contributed by atoms with E-state index in [1.165, 1.54) is 17.3 Å². The molecule has 0 radical (unpaired) electrons. The fourth-order valence-corrected chi connectivity index (χ4v) is 2.98. The molecule has 1 aliphatic rings. The summed E-state index contributed by atoms with van der Waals surface area (Å²) < 4.78 is 0. The van der Waals surface area contributed by atoms with Crippen molar-refractivity contribution in [2.75, 3.05) is 11.4 Å². The minimum absolute atomic E-state index is 0.00865. The number of rotatable bonds is 4. The lowest BCUT2D eigenvalue weighted by Gasteiger charge is -2.43. The second-order valence-corrected chi connectivity index (χ2v) is 6.01. The molecule has 4 heteroatoms. The van der Waals surface area contributed by atoms with Crippen LogP contribution in [0.1, 0.15) is 45.2 Å². The molecule has 0 N–H and O–H groups in total. The van der Waals surface area contributed by atoms with Crippen LogP contribution < -0.4 is 4.90 Å². The Morgan fingerprint density at radius 1 is 1.38 bits per heavy atom. The second-order valence-electron chi connectivity index (χ2n) is 6.01. The molecule has 0 aliphatic carbocycles. The van der Waals surface area contributed by atoms with Gasteiger partial charge in [0, 0.05) is 23.9 Å². The lowest BCUT2D eigenvalue weighted by Crippen LogP contribution is -2.45. The predicted molar refractivity (Wildman–Crippen MR) is 87.8 cm³/mol. The number of nitrogens with zero attached hydrogens (tertiary/aromatic N) is 2. The van der Waals surface area contributed by atoms with Crippen molar-refractivity contribution in [1.29, 1.82) is 0 Å². The number of fused-ring (bicyclic) bond motifs is 1. The highest BCUT2D eigenvalue weighted by Crippen LogP contribution is 2.39. The van der Waals surface area contributed by atoms with Gasteiger partial charge in [0.25, 0.3) is 0 Å². The van der Waals surface area contributed by atoms with E-state index in [2.05, 4.69) is 44.7 Å². The molecule has 1 aliphatic heterocycles. The van der Waals surface area contributed by atoms with E-state index in [1.807, 2.05) is 12.1 Å². The van der Waals surface area contributed by atoms with E-state index in [4.69, 9.17) is 0 Å². The number of hydrogen-bond acceptors (Lipinski definition) is 3. The van der Waals surface area contributed by atoms with Crippen LogP contribution in [0.5, 0.6) is 0 Å². The van der Waals surface area contributed by atoms with Crippen LogP contribution >= 0.6 is 0 Å². The van der Waals surface area contributed by atoms with Crippen molar-refractivity contribution in [3.05, 3.63) is 51.7 Å². The Kier molecular flexibility index (Phi) is 4.16. The van der Waals surface area contributed by atoms with Gasteiger partial charge in [0.1, 0.15) is 0 Å². The van der Waals surface area contributed by atoms with Gasteiger partial charge in [0.15, 0.2) is 0 Å². The number of benzene rings is 1. The molecule has 1 heterocycles. The SMILES string of the molecule is CCCN1c2ccc(/C=C/[N+](=O)[O-])cc2C(C)=CC1(C)C. The van der Waals surface area contributed by atoms with Crippen LogP contribution in [-0.4, -0.2) is 17.0 Å². The average Bonchev–Trinajstić information content (AvgIpc) is 2.40. The van der Waals surface area contributed by atoms with Gasteiger partial charge in [-0.2, -0.15) is 0 Å². The Hall–Kier alpha value is -2.10. The molecule has 112 valence electrons. The molecule has 0 aromatic heterocycles. The van der Waals surface area contributed by atoms with Crippen molar-refractivity contribution in [2.24, 2.45) is 0 Å². The minimum Gasteiger partial charge on any atom is -0.362 e. The quantitative estimate of drug-likeness (QED) is 0.610. The third kappa shape index (κ3) is 3.15. The zero-order valence-corrected chi connectivity index (χ0v) is 13.1. The van der Waals surface area contributed by atoms with Crippen LogP contribution in [0.15, 0.2) is 30.5 Å². The Balaban J connectivity index is 2.48. The molecule has 0 unspecified atom stereocenters. The van der Waals surface area contributed by atoms with Crippen LogP contribution in [0, 0.1) is 10.1 Å². The first-order valence-corrected chi connectivity index (χ1v) is 7.28. The molecular formula is C17H22N2O2. The van der Waals surface area contributed by atoms with Crippen molar-refractivity contribution in [3.8, 4) is 0 Å². The Bertz CT molecular complexity index is 615.